The second-order valence-corrected chi connectivity index (χ2v) is 8.09. The van der Waals surface area contributed by atoms with Crippen molar-refractivity contribution in [2.75, 3.05) is 11.4 Å². The van der Waals surface area contributed by atoms with Crippen molar-refractivity contribution in [3.8, 4) is 0 Å². The SMILES string of the molecule is Cc1cc(F)c2c(c1)CCCN2C(=O)c1ccc(Sc2nncn2C)c([N+](=O)[O-])c1. The first-order chi connectivity index (χ1) is 14.3. The van der Waals surface area contributed by atoms with Crippen molar-refractivity contribution in [3.63, 3.8) is 0 Å². The molecule has 154 valence electrons. The van der Waals surface area contributed by atoms with Gasteiger partial charge in [-0.1, -0.05) is 6.07 Å². The van der Waals surface area contributed by atoms with E-state index in [-0.39, 0.29) is 16.9 Å². The summed E-state index contributed by atoms with van der Waals surface area (Å²) in [5, 5.41) is 19.8. The number of fused-ring (bicyclic) bond motifs is 1. The van der Waals surface area contributed by atoms with Crippen LogP contribution in [-0.4, -0.2) is 32.1 Å². The number of hydrogen-bond acceptors (Lipinski definition) is 6. The van der Waals surface area contributed by atoms with Gasteiger partial charge in [-0.15, -0.1) is 10.2 Å². The number of benzene rings is 2. The van der Waals surface area contributed by atoms with Crippen LogP contribution in [0.2, 0.25) is 0 Å². The number of rotatable bonds is 4. The van der Waals surface area contributed by atoms with E-state index in [4.69, 9.17) is 0 Å². The van der Waals surface area contributed by atoms with E-state index in [0.717, 1.165) is 22.9 Å². The number of amides is 1. The molecule has 0 radical (unpaired) electrons. The molecule has 8 nitrogen and oxygen atoms in total. The van der Waals surface area contributed by atoms with Crippen molar-refractivity contribution in [2.24, 2.45) is 7.05 Å². The van der Waals surface area contributed by atoms with Gasteiger partial charge in [0.1, 0.15) is 12.1 Å². The van der Waals surface area contributed by atoms with Crippen molar-refractivity contribution >= 4 is 29.0 Å². The van der Waals surface area contributed by atoms with Crippen molar-refractivity contribution in [1.82, 2.24) is 14.8 Å². The van der Waals surface area contributed by atoms with Gasteiger partial charge in [0.05, 0.1) is 15.5 Å². The standard InChI is InChI=1S/C20H18FN5O3S/c1-12-8-13-4-3-7-25(18(13)15(21)9-12)19(27)14-5-6-17(16(10-14)26(28)29)30-20-23-22-11-24(20)2/h5-6,8-11H,3-4,7H2,1-2H3. The summed E-state index contributed by atoms with van der Waals surface area (Å²) in [6, 6.07) is 7.55. The number of halogens is 1. The zero-order valence-electron chi connectivity index (χ0n) is 16.3. The highest BCUT2D eigenvalue weighted by atomic mass is 32.2. The van der Waals surface area contributed by atoms with Gasteiger partial charge in [-0.25, -0.2) is 4.39 Å². The number of nitro groups is 1. The van der Waals surface area contributed by atoms with Crippen LogP contribution in [0.3, 0.4) is 0 Å². The molecule has 2 aromatic carbocycles. The lowest BCUT2D eigenvalue weighted by atomic mass is 9.98. The first kappa shape index (κ1) is 20.0. The summed E-state index contributed by atoms with van der Waals surface area (Å²) in [5.41, 5.74) is 1.75. The molecule has 3 aromatic rings. The molecule has 2 heterocycles. The smallest absolute Gasteiger partial charge is 0.284 e. The van der Waals surface area contributed by atoms with Gasteiger partial charge in [0.15, 0.2) is 5.16 Å². The molecule has 30 heavy (non-hydrogen) atoms. The number of aromatic nitrogens is 3. The Labute approximate surface area is 175 Å². The van der Waals surface area contributed by atoms with E-state index in [1.165, 1.54) is 35.5 Å². The fourth-order valence-electron chi connectivity index (χ4n) is 3.54. The second kappa shape index (κ2) is 7.86. The molecule has 0 unspecified atom stereocenters. The summed E-state index contributed by atoms with van der Waals surface area (Å²) in [6.07, 6.45) is 2.88. The predicted octanol–water partition coefficient (Wildman–Crippen LogP) is 3.92. The quantitative estimate of drug-likeness (QED) is 0.463. The van der Waals surface area contributed by atoms with Gasteiger partial charge in [-0.05, 0) is 60.9 Å². The van der Waals surface area contributed by atoms with Crippen molar-refractivity contribution in [1.29, 1.82) is 0 Å². The number of carbonyl (C=O) groups excluding carboxylic acids is 1. The zero-order chi connectivity index (χ0) is 21.4. The van der Waals surface area contributed by atoms with E-state index in [0.29, 0.717) is 29.4 Å². The minimum absolute atomic E-state index is 0.136. The largest absolute Gasteiger partial charge is 0.311 e. The van der Waals surface area contributed by atoms with Crippen LogP contribution in [0.4, 0.5) is 15.8 Å². The Hall–Kier alpha value is -3.27. The zero-order valence-corrected chi connectivity index (χ0v) is 17.1. The molecule has 10 heteroatoms. The Morgan fingerprint density at radius 2 is 2.10 bits per heavy atom. The maximum atomic E-state index is 14.7. The highest BCUT2D eigenvalue weighted by molar-refractivity contribution is 7.99. The highest BCUT2D eigenvalue weighted by Crippen LogP contribution is 2.36. The molecule has 0 fully saturated rings. The number of hydrogen-bond donors (Lipinski definition) is 0. The molecule has 0 atom stereocenters. The third-order valence-corrected chi connectivity index (χ3v) is 6.02. The number of nitrogens with zero attached hydrogens (tertiary/aromatic N) is 5. The molecule has 1 aliphatic heterocycles. The molecular formula is C20H18FN5O3S. The van der Waals surface area contributed by atoms with Crippen molar-refractivity contribution in [2.45, 2.75) is 29.8 Å². The normalized spacial score (nSPS) is 13.2. The van der Waals surface area contributed by atoms with Gasteiger partial charge in [-0.2, -0.15) is 0 Å². The van der Waals surface area contributed by atoms with E-state index in [2.05, 4.69) is 10.2 Å². The summed E-state index contributed by atoms with van der Waals surface area (Å²) in [5.74, 6) is -0.918. The lowest BCUT2D eigenvalue weighted by Crippen LogP contribution is -2.36. The Kier molecular flexibility index (Phi) is 5.25. The third kappa shape index (κ3) is 3.65. The summed E-state index contributed by atoms with van der Waals surface area (Å²) in [7, 11) is 1.73. The summed E-state index contributed by atoms with van der Waals surface area (Å²) in [6.45, 7) is 2.16. The molecule has 0 spiro atoms. The second-order valence-electron chi connectivity index (χ2n) is 7.08. The van der Waals surface area contributed by atoms with Gasteiger partial charge in [0.25, 0.3) is 11.6 Å². The molecule has 4 rings (SSSR count). The molecule has 0 bridgehead atoms. The molecule has 1 amide bonds. The molecule has 0 saturated heterocycles. The minimum Gasteiger partial charge on any atom is -0.311 e. The van der Waals surface area contributed by atoms with Crippen LogP contribution in [0, 0.1) is 22.9 Å². The van der Waals surface area contributed by atoms with Crippen molar-refractivity contribution < 1.29 is 14.1 Å². The number of nitro benzene ring substituents is 1. The van der Waals surface area contributed by atoms with Gasteiger partial charge < -0.3 is 9.47 Å². The predicted molar refractivity (Wildman–Crippen MR) is 109 cm³/mol. The van der Waals surface area contributed by atoms with Crippen LogP contribution in [0.5, 0.6) is 0 Å². The average Bonchev–Trinajstić information content (AvgIpc) is 3.11. The summed E-state index contributed by atoms with van der Waals surface area (Å²) >= 11 is 1.09. The fourth-order valence-corrected chi connectivity index (χ4v) is 4.39. The Morgan fingerprint density at radius 1 is 1.30 bits per heavy atom. The van der Waals surface area contributed by atoms with E-state index in [9.17, 15) is 19.3 Å². The lowest BCUT2D eigenvalue weighted by Gasteiger charge is -2.30. The average molecular weight is 427 g/mol. The van der Waals surface area contributed by atoms with E-state index in [1.807, 2.05) is 6.07 Å². The Morgan fingerprint density at radius 3 is 2.80 bits per heavy atom. The Bertz CT molecular complexity index is 1160. The topological polar surface area (TPSA) is 94.2 Å². The van der Waals surface area contributed by atoms with E-state index >= 15 is 0 Å². The van der Waals surface area contributed by atoms with Crippen LogP contribution < -0.4 is 4.90 Å². The molecule has 1 aromatic heterocycles. The highest BCUT2D eigenvalue weighted by Gasteiger charge is 2.29. The number of aryl methyl sites for hydroxylation is 3. The van der Waals surface area contributed by atoms with Crippen molar-refractivity contribution in [3.05, 3.63) is 69.3 Å². The maximum absolute atomic E-state index is 14.7. The fraction of sp³-hybridized carbons (Fsp3) is 0.250. The maximum Gasteiger partial charge on any atom is 0.284 e. The van der Waals surface area contributed by atoms with Gasteiger partial charge in [0.2, 0.25) is 0 Å². The first-order valence-corrected chi connectivity index (χ1v) is 10.1. The Balaban J connectivity index is 1.70. The minimum atomic E-state index is -0.538. The molecule has 1 aliphatic rings. The van der Waals surface area contributed by atoms with Crippen LogP contribution in [0.15, 0.2) is 46.7 Å². The van der Waals surface area contributed by atoms with Gasteiger partial charge in [-0.3, -0.25) is 14.9 Å². The molecule has 0 N–H and O–H groups in total. The lowest BCUT2D eigenvalue weighted by molar-refractivity contribution is -0.387. The van der Waals surface area contributed by atoms with Crippen LogP contribution in [0.25, 0.3) is 0 Å². The molecule has 0 aliphatic carbocycles. The number of carbonyl (C=O) groups is 1. The van der Waals surface area contributed by atoms with Gasteiger partial charge in [0, 0.05) is 25.2 Å². The van der Waals surface area contributed by atoms with Gasteiger partial charge >= 0.3 is 0 Å². The van der Waals surface area contributed by atoms with E-state index in [1.54, 1.807) is 18.5 Å². The summed E-state index contributed by atoms with van der Waals surface area (Å²) in [4.78, 5) is 26.0. The van der Waals surface area contributed by atoms with Crippen LogP contribution >= 0.6 is 11.8 Å². The van der Waals surface area contributed by atoms with Crippen LogP contribution in [-0.2, 0) is 13.5 Å². The van der Waals surface area contributed by atoms with Crippen LogP contribution in [0.1, 0.15) is 27.9 Å². The first-order valence-electron chi connectivity index (χ1n) is 9.26. The third-order valence-electron chi connectivity index (χ3n) is 4.90. The molecular weight excluding hydrogens is 409 g/mol. The van der Waals surface area contributed by atoms with E-state index < -0.39 is 16.6 Å². The monoisotopic (exact) mass is 427 g/mol. The number of anilines is 1. The summed E-state index contributed by atoms with van der Waals surface area (Å²) < 4.78 is 16.3. The molecule has 0 saturated carbocycles.